The van der Waals surface area contributed by atoms with Crippen molar-refractivity contribution in [3.05, 3.63) is 72.0 Å². The number of allylic oxidation sites excluding steroid dienone is 2. The Morgan fingerprint density at radius 3 is 2.39 bits per heavy atom. The van der Waals surface area contributed by atoms with Crippen molar-refractivity contribution in [2.24, 2.45) is 5.41 Å². The number of aromatic nitrogens is 3. The Bertz CT molecular complexity index is 1660. The lowest BCUT2D eigenvalue weighted by Crippen LogP contribution is -2.42. The average molecular weight is 575 g/mol. The minimum atomic E-state index is -4.84. The number of para-hydroxylation sites is 1. The smallest absolute Gasteiger partial charge is 0.405 e. The topological polar surface area (TPSA) is 55.8 Å². The maximum absolute atomic E-state index is 13.4. The fourth-order valence-electron chi connectivity index (χ4n) is 6.08. The zero-order valence-corrected chi connectivity index (χ0v) is 21.6. The lowest BCUT2D eigenvalue weighted by molar-refractivity contribution is -0.274. The number of anilines is 1. The van der Waals surface area contributed by atoms with Crippen molar-refractivity contribution in [2.75, 3.05) is 18.0 Å². The maximum Gasteiger partial charge on any atom is 0.573 e. The molecule has 0 N–H and O–H groups in total. The molecule has 0 bridgehead atoms. The number of pyridine rings is 1. The predicted molar refractivity (Wildman–Crippen MR) is 137 cm³/mol. The van der Waals surface area contributed by atoms with Gasteiger partial charge in [-0.1, -0.05) is 23.4 Å². The van der Waals surface area contributed by atoms with E-state index in [1.165, 1.54) is 24.5 Å². The first-order valence-corrected chi connectivity index (χ1v) is 13.4. The van der Waals surface area contributed by atoms with Gasteiger partial charge >= 0.3 is 12.5 Å². The van der Waals surface area contributed by atoms with E-state index in [4.69, 9.17) is 4.52 Å². The molecule has 1 saturated carbocycles. The molecule has 0 amide bonds. The third-order valence-electron chi connectivity index (χ3n) is 8.27. The highest BCUT2D eigenvalue weighted by molar-refractivity contribution is 5.86. The number of alkyl halides is 6. The Kier molecular flexibility index (Phi) is 5.71. The quantitative estimate of drug-likeness (QED) is 0.227. The highest BCUT2D eigenvalue weighted by Gasteiger charge is 2.44. The van der Waals surface area contributed by atoms with Crippen LogP contribution in [0, 0.1) is 5.41 Å². The SMILES string of the molecule is FC(F)(F)Oc1ccccc1-c1noc(C2CC2)c1C1=CC2(CCN(c3ccc4cnc(C(F)(F)F)n4c3)CC2)C1. The minimum absolute atomic E-state index is 0.0978. The fraction of sp³-hybridized carbons (Fsp3) is 0.379. The minimum Gasteiger partial charge on any atom is -0.405 e. The lowest BCUT2D eigenvalue weighted by Gasteiger charge is -2.47. The summed E-state index contributed by atoms with van der Waals surface area (Å²) in [4.78, 5) is 5.61. The number of nitrogens with zero attached hydrogens (tertiary/aromatic N) is 4. The molecule has 214 valence electrons. The third-order valence-corrected chi connectivity index (χ3v) is 8.27. The summed E-state index contributed by atoms with van der Waals surface area (Å²) in [6, 6.07) is 9.38. The fourth-order valence-corrected chi connectivity index (χ4v) is 6.08. The Labute approximate surface area is 230 Å². The summed E-state index contributed by atoms with van der Waals surface area (Å²) in [7, 11) is 0. The van der Waals surface area contributed by atoms with Crippen LogP contribution < -0.4 is 9.64 Å². The molecule has 4 aromatic rings. The second-order valence-corrected chi connectivity index (χ2v) is 11.0. The second kappa shape index (κ2) is 9.02. The molecule has 3 aliphatic rings. The average Bonchev–Trinajstić information content (AvgIpc) is 3.49. The molecular weight excluding hydrogens is 550 g/mol. The number of imidazole rings is 1. The molecule has 3 aromatic heterocycles. The van der Waals surface area contributed by atoms with Gasteiger partial charge in [-0.25, -0.2) is 4.98 Å². The molecule has 0 atom stereocenters. The highest BCUT2D eigenvalue weighted by Crippen LogP contribution is 2.56. The number of benzene rings is 1. The summed E-state index contributed by atoms with van der Waals surface area (Å²) in [6.45, 7) is 1.30. The molecule has 1 aromatic carbocycles. The first kappa shape index (κ1) is 26.0. The van der Waals surface area contributed by atoms with Crippen LogP contribution in [0.4, 0.5) is 32.0 Å². The first-order valence-electron chi connectivity index (χ1n) is 13.4. The second-order valence-electron chi connectivity index (χ2n) is 11.0. The van der Waals surface area contributed by atoms with E-state index in [0.29, 0.717) is 35.7 Å². The molecule has 0 unspecified atom stereocenters. The van der Waals surface area contributed by atoms with Crippen molar-refractivity contribution in [3.63, 3.8) is 0 Å². The molecule has 1 aliphatic heterocycles. The summed E-state index contributed by atoms with van der Waals surface area (Å²) < 4.78 is 90.5. The molecule has 4 heterocycles. The number of fused-ring (bicyclic) bond motifs is 1. The van der Waals surface area contributed by atoms with Crippen LogP contribution in [0.25, 0.3) is 22.3 Å². The molecule has 1 spiro atoms. The van der Waals surface area contributed by atoms with Crippen LogP contribution in [0.5, 0.6) is 5.75 Å². The summed E-state index contributed by atoms with van der Waals surface area (Å²) in [6.07, 6.45) is -0.350. The van der Waals surface area contributed by atoms with Crippen LogP contribution in [0.15, 0.2) is 59.4 Å². The van der Waals surface area contributed by atoms with Gasteiger partial charge in [0, 0.05) is 36.3 Å². The van der Waals surface area contributed by atoms with Crippen molar-refractivity contribution < 1.29 is 35.6 Å². The van der Waals surface area contributed by atoms with Gasteiger partial charge in [-0.15, -0.1) is 13.2 Å². The molecule has 6 nitrogen and oxygen atoms in total. The Hall–Kier alpha value is -3.96. The highest BCUT2D eigenvalue weighted by atomic mass is 19.4. The lowest BCUT2D eigenvalue weighted by atomic mass is 9.63. The first-order chi connectivity index (χ1) is 19.5. The van der Waals surface area contributed by atoms with Crippen LogP contribution in [0.2, 0.25) is 0 Å². The maximum atomic E-state index is 13.4. The van der Waals surface area contributed by atoms with Crippen molar-refractivity contribution in [1.82, 2.24) is 14.5 Å². The van der Waals surface area contributed by atoms with Gasteiger partial charge in [0.2, 0.25) is 5.82 Å². The van der Waals surface area contributed by atoms with Crippen LogP contribution in [-0.2, 0) is 6.18 Å². The van der Waals surface area contributed by atoms with Gasteiger partial charge in [0.25, 0.3) is 0 Å². The van der Waals surface area contributed by atoms with E-state index in [-0.39, 0.29) is 22.6 Å². The normalized spacial score (nSPS) is 19.0. The van der Waals surface area contributed by atoms with Gasteiger partial charge in [-0.2, -0.15) is 13.2 Å². The number of piperidine rings is 1. The number of halogens is 6. The zero-order chi connectivity index (χ0) is 28.6. The Morgan fingerprint density at radius 1 is 0.976 bits per heavy atom. The molecule has 12 heteroatoms. The molecule has 1 saturated heterocycles. The molecule has 7 rings (SSSR count). The van der Waals surface area contributed by atoms with Gasteiger partial charge in [-0.05, 0) is 67.4 Å². The van der Waals surface area contributed by atoms with Crippen molar-refractivity contribution in [3.8, 4) is 17.0 Å². The van der Waals surface area contributed by atoms with E-state index in [2.05, 4.69) is 25.9 Å². The van der Waals surface area contributed by atoms with Gasteiger partial charge in [0.1, 0.15) is 17.2 Å². The molecule has 2 aliphatic carbocycles. The van der Waals surface area contributed by atoms with Crippen LogP contribution >= 0.6 is 0 Å². The number of hydrogen-bond donors (Lipinski definition) is 0. The van der Waals surface area contributed by atoms with Crippen LogP contribution in [0.1, 0.15) is 55.2 Å². The molecule has 2 fully saturated rings. The largest absolute Gasteiger partial charge is 0.573 e. The molecular formula is C29H24F6N4O2. The van der Waals surface area contributed by atoms with E-state index in [0.717, 1.165) is 47.6 Å². The monoisotopic (exact) mass is 574 g/mol. The predicted octanol–water partition coefficient (Wildman–Crippen LogP) is 7.86. The van der Waals surface area contributed by atoms with Crippen LogP contribution in [0.3, 0.4) is 0 Å². The summed E-state index contributed by atoms with van der Waals surface area (Å²) in [5, 5.41) is 4.21. The van der Waals surface area contributed by atoms with Crippen LogP contribution in [-0.4, -0.2) is 34.0 Å². The van der Waals surface area contributed by atoms with E-state index < -0.39 is 18.4 Å². The van der Waals surface area contributed by atoms with Crippen molar-refractivity contribution in [2.45, 2.75) is 50.6 Å². The van der Waals surface area contributed by atoms with E-state index >= 15 is 0 Å². The van der Waals surface area contributed by atoms with E-state index in [1.54, 1.807) is 18.2 Å². The third kappa shape index (κ3) is 4.72. The molecule has 0 radical (unpaired) electrons. The molecule has 41 heavy (non-hydrogen) atoms. The number of rotatable bonds is 5. The Morgan fingerprint density at radius 2 is 1.71 bits per heavy atom. The van der Waals surface area contributed by atoms with Gasteiger partial charge in [-0.3, -0.25) is 4.40 Å². The summed E-state index contributed by atoms with van der Waals surface area (Å²) in [5.74, 6) is -0.383. The van der Waals surface area contributed by atoms with Crippen molar-refractivity contribution >= 4 is 16.8 Å². The summed E-state index contributed by atoms with van der Waals surface area (Å²) in [5.41, 5.74) is 3.29. The van der Waals surface area contributed by atoms with Crippen molar-refractivity contribution in [1.29, 1.82) is 0 Å². The van der Waals surface area contributed by atoms with Gasteiger partial charge in [0.15, 0.2) is 0 Å². The van der Waals surface area contributed by atoms with E-state index in [9.17, 15) is 26.3 Å². The van der Waals surface area contributed by atoms with E-state index in [1.807, 2.05) is 6.07 Å². The number of ether oxygens (including phenoxy) is 1. The Balaban J connectivity index is 1.14. The standard InChI is InChI=1S/C29H24F6N4O2/c30-28(31,32)26-36-15-19-7-8-20(16-39(19)26)38-11-9-27(10-12-38)13-18(14-27)23-24(37-41-25(23)17-5-6-17)21-3-1-2-4-22(21)40-29(33,34)35/h1-4,7-8,13,15-17H,5-6,9-12,14H2. The number of hydrogen-bond acceptors (Lipinski definition) is 5. The van der Waals surface area contributed by atoms with Gasteiger partial charge in [0.05, 0.1) is 17.4 Å². The van der Waals surface area contributed by atoms with Gasteiger partial charge < -0.3 is 14.2 Å². The summed E-state index contributed by atoms with van der Waals surface area (Å²) >= 11 is 0. The zero-order valence-electron chi connectivity index (χ0n) is 21.6.